The molecule has 3 aromatic rings. The van der Waals surface area contributed by atoms with Gasteiger partial charge in [-0.2, -0.15) is 0 Å². The number of benzene rings is 2. The molecule has 0 aliphatic carbocycles. The van der Waals surface area contributed by atoms with E-state index in [-0.39, 0.29) is 24.3 Å². The molecule has 1 saturated heterocycles. The molecule has 0 saturated carbocycles. The van der Waals surface area contributed by atoms with Gasteiger partial charge in [0.1, 0.15) is 23.3 Å². The van der Waals surface area contributed by atoms with Crippen LogP contribution in [-0.4, -0.2) is 24.2 Å². The van der Waals surface area contributed by atoms with E-state index in [2.05, 4.69) is 21.3 Å². The number of nitrogens with one attached hydrogen (secondary N) is 3. The molecule has 1 aliphatic heterocycles. The minimum absolute atomic E-state index is 0.0573. The molecule has 0 spiro atoms. The molecule has 2 heterocycles. The van der Waals surface area contributed by atoms with Crippen molar-refractivity contribution >= 4 is 5.91 Å². The van der Waals surface area contributed by atoms with E-state index < -0.39 is 6.04 Å². The molecule has 2 unspecified atom stereocenters. The predicted molar refractivity (Wildman–Crippen MR) is 104 cm³/mol. The fourth-order valence-corrected chi connectivity index (χ4v) is 3.25. The van der Waals surface area contributed by atoms with Crippen LogP contribution in [0.1, 0.15) is 23.7 Å². The number of carbonyl (C=O) groups is 1. The van der Waals surface area contributed by atoms with Gasteiger partial charge in [-0.05, 0) is 36.2 Å². The number of carbonyl (C=O) groups excluding carboxylic acids is 1. The highest BCUT2D eigenvalue weighted by Gasteiger charge is 2.30. The SMILES string of the molecule is COc1cccc(-c2cc(CNC(=O)C3CC(c4ccc(F)cc4)NN3)no2)c1. The lowest BCUT2D eigenvalue weighted by Gasteiger charge is -2.10. The quantitative estimate of drug-likeness (QED) is 0.594. The monoisotopic (exact) mass is 396 g/mol. The van der Waals surface area contributed by atoms with E-state index in [4.69, 9.17) is 9.26 Å². The van der Waals surface area contributed by atoms with E-state index in [1.165, 1.54) is 12.1 Å². The van der Waals surface area contributed by atoms with Crippen molar-refractivity contribution in [3.05, 3.63) is 71.7 Å². The molecule has 2 aromatic carbocycles. The van der Waals surface area contributed by atoms with Crippen molar-refractivity contribution in [2.75, 3.05) is 7.11 Å². The van der Waals surface area contributed by atoms with Crippen molar-refractivity contribution in [3.8, 4) is 17.1 Å². The van der Waals surface area contributed by atoms with E-state index in [0.29, 0.717) is 17.9 Å². The van der Waals surface area contributed by atoms with Crippen molar-refractivity contribution < 1.29 is 18.4 Å². The fourth-order valence-electron chi connectivity index (χ4n) is 3.25. The predicted octanol–water partition coefficient (Wildman–Crippen LogP) is 2.71. The largest absolute Gasteiger partial charge is 0.497 e. The first-order valence-corrected chi connectivity index (χ1v) is 9.26. The van der Waals surface area contributed by atoms with Crippen LogP contribution in [0.3, 0.4) is 0 Å². The van der Waals surface area contributed by atoms with Crippen molar-refractivity contribution in [2.45, 2.75) is 25.0 Å². The Kier molecular flexibility index (Phi) is 5.55. The molecule has 150 valence electrons. The zero-order valence-electron chi connectivity index (χ0n) is 15.8. The lowest BCUT2D eigenvalue weighted by atomic mass is 10.0. The Bertz CT molecular complexity index is 990. The molecule has 0 radical (unpaired) electrons. The van der Waals surface area contributed by atoms with Crippen LogP contribution in [0.5, 0.6) is 5.75 Å². The van der Waals surface area contributed by atoms with E-state index in [0.717, 1.165) is 16.9 Å². The van der Waals surface area contributed by atoms with Crippen molar-refractivity contribution in [3.63, 3.8) is 0 Å². The minimum atomic E-state index is -0.394. The molecule has 8 heteroatoms. The Morgan fingerprint density at radius 3 is 2.86 bits per heavy atom. The summed E-state index contributed by atoms with van der Waals surface area (Å²) in [5.74, 6) is 0.900. The molecule has 2 atom stereocenters. The number of hydrazine groups is 1. The van der Waals surface area contributed by atoms with Gasteiger partial charge >= 0.3 is 0 Å². The maximum absolute atomic E-state index is 13.1. The standard InChI is InChI=1S/C21H21FN4O3/c1-28-17-4-2-3-14(9-17)20-10-16(26-29-20)12-23-21(27)19-11-18(24-25-19)13-5-7-15(22)8-6-13/h2-10,18-19,24-25H,11-12H2,1H3,(H,23,27). The molecule has 4 rings (SSSR count). The van der Waals surface area contributed by atoms with Crippen LogP contribution < -0.4 is 20.9 Å². The summed E-state index contributed by atoms with van der Waals surface area (Å²) in [6, 6.07) is 15.1. The second-order valence-corrected chi connectivity index (χ2v) is 6.81. The summed E-state index contributed by atoms with van der Waals surface area (Å²) in [7, 11) is 1.60. The number of nitrogens with zero attached hydrogens (tertiary/aromatic N) is 1. The molecule has 3 N–H and O–H groups in total. The summed E-state index contributed by atoms with van der Waals surface area (Å²) < 4.78 is 23.7. The van der Waals surface area contributed by atoms with E-state index in [9.17, 15) is 9.18 Å². The first-order chi connectivity index (χ1) is 14.1. The summed E-state index contributed by atoms with van der Waals surface area (Å²) in [5, 5.41) is 6.88. The second kappa shape index (κ2) is 8.42. The normalized spacial score (nSPS) is 18.6. The Morgan fingerprint density at radius 2 is 2.07 bits per heavy atom. The Balaban J connectivity index is 1.32. The molecular weight excluding hydrogens is 375 g/mol. The van der Waals surface area contributed by atoms with Gasteiger partial charge in [-0.15, -0.1) is 0 Å². The number of methoxy groups -OCH3 is 1. The van der Waals surface area contributed by atoms with Gasteiger partial charge in [-0.3, -0.25) is 4.79 Å². The third-order valence-corrected chi connectivity index (χ3v) is 4.85. The van der Waals surface area contributed by atoms with E-state index in [1.54, 1.807) is 25.3 Å². The number of hydrogen-bond acceptors (Lipinski definition) is 6. The number of ether oxygens (including phenoxy) is 1. The third kappa shape index (κ3) is 4.44. The van der Waals surface area contributed by atoms with Crippen LogP contribution in [0.25, 0.3) is 11.3 Å². The Morgan fingerprint density at radius 1 is 1.24 bits per heavy atom. The van der Waals surface area contributed by atoms with E-state index in [1.807, 2.05) is 24.3 Å². The highest BCUT2D eigenvalue weighted by Crippen LogP contribution is 2.25. The van der Waals surface area contributed by atoms with Crippen molar-refractivity contribution in [1.29, 1.82) is 0 Å². The van der Waals surface area contributed by atoms with Gasteiger partial charge < -0.3 is 14.6 Å². The van der Waals surface area contributed by atoms with Crippen LogP contribution >= 0.6 is 0 Å². The van der Waals surface area contributed by atoms with Gasteiger partial charge in [0.2, 0.25) is 5.91 Å². The smallest absolute Gasteiger partial charge is 0.238 e. The van der Waals surface area contributed by atoms with Crippen LogP contribution in [0.4, 0.5) is 4.39 Å². The fraction of sp³-hybridized carbons (Fsp3) is 0.238. The van der Waals surface area contributed by atoms with E-state index >= 15 is 0 Å². The average Bonchev–Trinajstić information content (AvgIpc) is 3.43. The molecule has 1 aromatic heterocycles. The van der Waals surface area contributed by atoms with Gasteiger partial charge in [0.15, 0.2) is 5.76 Å². The summed E-state index contributed by atoms with van der Waals surface area (Å²) in [6.45, 7) is 0.256. The molecule has 1 aliphatic rings. The van der Waals surface area contributed by atoms with Crippen molar-refractivity contribution in [2.24, 2.45) is 0 Å². The Hall–Kier alpha value is -3.23. The third-order valence-electron chi connectivity index (χ3n) is 4.85. The van der Waals surface area contributed by atoms with Gasteiger partial charge in [0, 0.05) is 17.7 Å². The molecule has 0 bridgehead atoms. The lowest BCUT2D eigenvalue weighted by molar-refractivity contribution is -0.123. The molecule has 7 nitrogen and oxygen atoms in total. The Labute approximate surface area is 167 Å². The number of aromatic nitrogens is 1. The summed E-state index contributed by atoms with van der Waals surface area (Å²) in [4.78, 5) is 12.5. The highest BCUT2D eigenvalue weighted by atomic mass is 19.1. The van der Waals surface area contributed by atoms with Gasteiger partial charge in [0.25, 0.3) is 0 Å². The molecular formula is C21H21FN4O3. The summed E-state index contributed by atoms with van der Waals surface area (Å²) in [6.07, 6.45) is 0.561. The minimum Gasteiger partial charge on any atom is -0.497 e. The molecule has 1 fully saturated rings. The topological polar surface area (TPSA) is 88.4 Å². The number of halogens is 1. The first-order valence-electron chi connectivity index (χ1n) is 9.26. The van der Waals surface area contributed by atoms with Crippen LogP contribution in [-0.2, 0) is 11.3 Å². The average molecular weight is 396 g/mol. The van der Waals surface area contributed by atoms with Crippen LogP contribution in [0.2, 0.25) is 0 Å². The number of rotatable bonds is 6. The maximum atomic E-state index is 13.1. The maximum Gasteiger partial charge on any atom is 0.238 e. The zero-order valence-corrected chi connectivity index (χ0v) is 15.8. The molecule has 1 amide bonds. The first kappa shape index (κ1) is 19.1. The highest BCUT2D eigenvalue weighted by molar-refractivity contribution is 5.82. The second-order valence-electron chi connectivity index (χ2n) is 6.81. The number of hydrogen-bond donors (Lipinski definition) is 3. The molecule has 29 heavy (non-hydrogen) atoms. The lowest BCUT2D eigenvalue weighted by Crippen LogP contribution is -2.42. The summed E-state index contributed by atoms with van der Waals surface area (Å²) in [5.41, 5.74) is 8.46. The number of amides is 1. The van der Waals surface area contributed by atoms with Gasteiger partial charge in [0.05, 0.1) is 13.7 Å². The van der Waals surface area contributed by atoms with Crippen LogP contribution in [0.15, 0.2) is 59.1 Å². The zero-order chi connectivity index (χ0) is 20.2. The van der Waals surface area contributed by atoms with Crippen LogP contribution in [0, 0.1) is 5.82 Å². The summed E-state index contributed by atoms with van der Waals surface area (Å²) >= 11 is 0. The van der Waals surface area contributed by atoms with Crippen molar-refractivity contribution in [1.82, 2.24) is 21.3 Å². The van der Waals surface area contributed by atoms with Gasteiger partial charge in [-0.1, -0.05) is 29.4 Å². The van der Waals surface area contributed by atoms with Gasteiger partial charge in [-0.25, -0.2) is 15.2 Å².